The molecule has 0 saturated carbocycles. The molecule has 304 valence electrons. The molecule has 0 aromatic heterocycles. The van der Waals surface area contributed by atoms with E-state index in [1.165, 1.54) is 50.1 Å². The Morgan fingerprint density at radius 3 is 1.19 bits per heavy atom. The second-order valence-corrected chi connectivity index (χ2v) is 15.0. The van der Waals surface area contributed by atoms with E-state index in [2.05, 4.69) is 128 Å². The molecule has 6 heteroatoms. The fourth-order valence-electron chi connectivity index (χ4n) is 8.34. The van der Waals surface area contributed by atoms with Crippen molar-refractivity contribution in [3.05, 3.63) is 175 Å². The second-order valence-electron chi connectivity index (χ2n) is 15.0. The zero-order chi connectivity index (χ0) is 42.3. The standard InChI is InChI=1S/2C26H30O3/c1-16-12-18(3)24(22(14-16)28-6)26(20-8-10-21(27-5)11-9-20)25-19(4)13-17(2)15-23(25)29-7;1-16-18(3)23(27-5)14-12-20(16)26(22-10-8-9-11-25(22)29-7)21-13-15-24(28-6)19(4)17(21)2/h2*8-15,26H,1-7H3. The van der Waals surface area contributed by atoms with Gasteiger partial charge in [0.2, 0.25) is 0 Å². The number of aryl methyl sites for hydroxylation is 4. The van der Waals surface area contributed by atoms with Crippen molar-refractivity contribution in [2.45, 2.75) is 67.2 Å². The minimum absolute atomic E-state index is 0.0213. The van der Waals surface area contributed by atoms with E-state index in [1.54, 1.807) is 42.7 Å². The Morgan fingerprint density at radius 2 is 0.776 bits per heavy atom. The van der Waals surface area contributed by atoms with Gasteiger partial charge in [-0.15, -0.1) is 0 Å². The molecule has 6 aromatic carbocycles. The van der Waals surface area contributed by atoms with E-state index >= 15 is 0 Å². The molecule has 0 fully saturated rings. The lowest BCUT2D eigenvalue weighted by atomic mass is 9.79. The first-order valence-electron chi connectivity index (χ1n) is 19.7. The quantitative estimate of drug-likeness (QED) is 0.115. The topological polar surface area (TPSA) is 55.4 Å². The van der Waals surface area contributed by atoms with E-state index in [4.69, 9.17) is 28.4 Å². The molecule has 0 aliphatic heterocycles. The highest BCUT2D eigenvalue weighted by atomic mass is 16.5. The van der Waals surface area contributed by atoms with Gasteiger partial charge in [0.25, 0.3) is 0 Å². The Hall–Kier alpha value is -5.88. The molecule has 6 aromatic rings. The smallest absolute Gasteiger partial charge is 0.123 e. The maximum atomic E-state index is 5.85. The summed E-state index contributed by atoms with van der Waals surface area (Å²) in [5, 5.41) is 0. The summed E-state index contributed by atoms with van der Waals surface area (Å²) in [6, 6.07) is 33.6. The Labute approximate surface area is 346 Å². The van der Waals surface area contributed by atoms with Gasteiger partial charge in [0.15, 0.2) is 0 Å². The molecule has 0 radical (unpaired) electrons. The molecule has 0 N–H and O–H groups in total. The summed E-state index contributed by atoms with van der Waals surface area (Å²) in [5.41, 5.74) is 16.7. The first kappa shape index (κ1) is 43.2. The average Bonchev–Trinajstić information content (AvgIpc) is 3.22. The zero-order valence-electron chi connectivity index (χ0n) is 36.8. The van der Waals surface area contributed by atoms with Gasteiger partial charge >= 0.3 is 0 Å². The van der Waals surface area contributed by atoms with Gasteiger partial charge in [-0.3, -0.25) is 0 Å². The molecule has 0 unspecified atom stereocenters. The van der Waals surface area contributed by atoms with Crippen LogP contribution in [0.25, 0.3) is 0 Å². The van der Waals surface area contributed by atoms with Crippen molar-refractivity contribution in [3.63, 3.8) is 0 Å². The molecule has 0 heterocycles. The van der Waals surface area contributed by atoms with Crippen LogP contribution in [0.1, 0.15) is 89.7 Å². The second kappa shape index (κ2) is 19.0. The van der Waals surface area contributed by atoms with Gasteiger partial charge in [-0.25, -0.2) is 0 Å². The Bertz CT molecular complexity index is 2240. The van der Waals surface area contributed by atoms with E-state index in [9.17, 15) is 0 Å². The molecule has 0 spiro atoms. The van der Waals surface area contributed by atoms with Gasteiger partial charge in [0.05, 0.1) is 42.7 Å². The van der Waals surface area contributed by atoms with Crippen LogP contribution in [0.15, 0.2) is 97.1 Å². The summed E-state index contributed by atoms with van der Waals surface area (Å²) < 4.78 is 33.9. The predicted octanol–water partition coefficient (Wildman–Crippen LogP) is 12.3. The van der Waals surface area contributed by atoms with Crippen LogP contribution in [0.5, 0.6) is 34.5 Å². The minimum Gasteiger partial charge on any atom is -0.497 e. The van der Waals surface area contributed by atoms with Crippen molar-refractivity contribution in [2.75, 3.05) is 42.7 Å². The predicted molar refractivity (Wildman–Crippen MR) is 238 cm³/mol. The Kier molecular flexibility index (Phi) is 14.2. The third kappa shape index (κ3) is 8.82. The Balaban J connectivity index is 0.000000221. The molecule has 0 atom stereocenters. The first-order valence-corrected chi connectivity index (χ1v) is 19.7. The van der Waals surface area contributed by atoms with Gasteiger partial charge < -0.3 is 28.4 Å². The number of benzene rings is 6. The molecule has 0 aliphatic carbocycles. The highest BCUT2D eigenvalue weighted by molar-refractivity contribution is 5.61. The molecule has 6 nitrogen and oxygen atoms in total. The van der Waals surface area contributed by atoms with Gasteiger partial charge in [0.1, 0.15) is 34.5 Å². The third-order valence-electron chi connectivity index (χ3n) is 11.5. The lowest BCUT2D eigenvalue weighted by Crippen LogP contribution is -2.11. The SMILES string of the molecule is COc1ccc(C(c2c(C)cc(C)cc2OC)c2c(C)cc(C)cc2OC)cc1.COc1ccccc1C(c1ccc(OC)c(C)c1C)c1ccc(OC)c(C)c1C. The average molecular weight is 781 g/mol. The molecule has 6 rings (SSSR count). The maximum Gasteiger partial charge on any atom is 0.123 e. The molecule has 0 aliphatic rings. The molecular formula is C52H60O6. The Morgan fingerprint density at radius 1 is 0.345 bits per heavy atom. The highest BCUT2D eigenvalue weighted by Crippen LogP contribution is 2.46. The fraction of sp³-hybridized carbons (Fsp3) is 0.308. The van der Waals surface area contributed by atoms with Crippen LogP contribution < -0.4 is 28.4 Å². The monoisotopic (exact) mass is 780 g/mol. The summed E-state index contributed by atoms with van der Waals surface area (Å²) in [6.45, 7) is 17.1. The highest BCUT2D eigenvalue weighted by Gasteiger charge is 2.28. The van der Waals surface area contributed by atoms with Crippen molar-refractivity contribution >= 4 is 0 Å². The van der Waals surface area contributed by atoms with Gasteiger partial charge in [0, 0.05) is 28.5 Å². The maximum absolute atomic E-state index is 5.85. The van der Waals surface area contributed by atoms with Crippen LogP contribution in [0.2, 0.25) is 0 Å². The fourth-order valence-corrected chi connectivity index (χ4v) is 8.34. The summed E-state index contributed by atoms with van der Waals surface area (Å²) in [7, 11) is 10.3. The number of methoxy groups -OCH3 is 6. The summed E-state index contributed by atoms with van der Waals surface area (Å²) in [6.07, 6.45) is 0. The summed E-state index contributed by atoms with van der Waals surface area (Å²) in [5.74, 6) is 5.36. The number of hydrogen-bond donors (Lipinski definition) is 0. The van der Waals surface area contributed by atoms with E-state index < -0.39 is 0 Å². The lowest BCUT2D eigenvalue weighted by Gasteiger charge is -2.27. The van der Waals surface area contributed by atoms with Crippen LogP contribution in [0.3, 0.4) is 0 Å². The number of rotatable bonds is 12. The van der Waals surface area contributed by atoms with E-state index in [1.807, 2.05) is 24.3 Å². The van der Waals surface area contributed by atoms with Crippen LogP contribution in [-0.4, -0.2) is 42.7 Å². The molecule has 0 amide bonds. The van der Waals surface area contributed by atoms with E-state index in [0.717, 1.165) is 62.3 Å². The molecule has 0 saturated heterocycles. The van der Waals surface area contributed by atoms with Gasteiger partial charge in [-0.1, -0.05) is 54.6 Å². The van der Waals surface area contributed by atoms with Crippen molar-refractivity contribution < 1.29 is 28.4 Å². The molecule has 0 bridgehead atoms. The van der Waals surface area contributed by atoms with Crippen molar-refractivity contribution in [2.24, 2.45) is 0 Å². The van der Waals surface area contributed by atoms with Crippen molar-refractivity contribution in [3.8, 4) is 34.5 Å². The van der Waals surface area contributed by atoms with Crippen LogP contribution in [-0.2, 0) is 0 Å². The number of ether oxygens (including phenoxy) is 6. The lowest BCUT2D eigenvalue weighted by molar-refractivity contribution is 0.401. The van der Waals surface area contributed by atoms with Crippen LogP contribution in [0.4, 0.5) is 0 Å². The molecular weight excluding hydrogens is 721 g/mol. The van der Waals surface area contributed by atoms with Crippen LogP contribution >= 0.6 is 0 Å². The van der Waals surface area contributed by atoms with Gasteiger partial charge in [-0.05, 0) is 159 Å². The summed E-state index contributed by atoms with van der Waals surface area (Å²) >= 11 is 0. The number of para-hydroxylation sites is 1. The normalized spacial score (nSPS) is 10.9. The van der Waals surface area contributed by atoms with Gasteiger partial charge in [-0.2, -0.15) is 0 Å². The minimum atomic E-state index is -0.0213. The van der Waals surface area contributed by atoms with E-state index in [0.29, 0.717) is 0 Å². The number of hydrogen-bond acceptors (Lipinski definition) is 6. The third-order valence-corrected chi connectivity index (χ3v) is 11.5. The largest absolute Gasteiger partial charge is 0.497 e. The van der Waals surface area contributed by atoms with Crippen molar-refractivity contribution in [1.82, 2.24) is 0 Å². The first-order chi connectivity index (χ1) is 27.8. The summed E-state index contributed by atoms with van der Waals surface area (Å²) in [4.78, 5) is 0. The molecule has 58 heavy (non-hydrogen) atoms. The van der Waals surface area contributed by atoms with Crippen molar-refractivity contribution in [1.29, 1.82) is 0 Å². The zero-order valence-corrected chi connectivity index (χ0v) is 36.8. The van der Waals surface area contributed by atoms with E-state index in [-0.39, 0.29) is 11.8 Å². The van der Waals surface area contributed by atoms with Crippen LogP contribution in [0, 0.1) is 55.4 Å².